The lowest BCUT2D eigenvalue weighted by Crippen LogP contribution is -2.45. The number of ether oxygens (including phenoxy) is 1. The molecular formula is C20H26ClNO4. The number of likely N-dealkylation sites (tertiary alicyclic amines) is 1. The van der Waals surface area contributed by atoms with Gasteiger partial charge >= 0.3 is 5.97 Å². The van der Waals surface area contributed by atoms with Crippen LogP contribution in [-0.4, -0.2) is 47.7 Å². The molecule has 2 heterocycles. The van der Waals surface area contributed by atoms with Gasteiger partial charge in [-0.1, -0.05) is 36.7 Å². The molecule has 0 bridgehead atoms. The number of carbonyl (C=O) groups excluding carboxylic acids is 1. The van der Waals surface area contributed by atoms with Crippen LogP contribution in [0.25, 0.3) is 0 Å². The van der Waals surface area contributed by atoms with Crippen molar-refractivity contribution in [3.8, 4) is 0 Å². The number of halogens is 1. The van der Waals surface area contributed by atoms with E-state index >= 15 is 0 Å². The van der Waals surface area contributed by atoms with Gasteiger partial charge in [0, 0.05) is 30.6 Å². The molecule has 2 fully saturated rings. The molecule has 0 spiro atoms. The molecule has 5 nitrogen and oxygen atoms in total. The molecule has 0 aliphatic carbocycles. The van der Waals surface area contributed by atoms with Gasteiger partial charge in [-0.25, -0.2) is 0 Å². The summed E-state index contributed by atoms with van der Waals surface area (Å²) >= 11 is 6.20. The van der Waals surface area contributed by atoms with Gasteiger partial charge in [-0.05, 0) is 43.2 Å². The number of aliphatic carboxylic acids is 1. The van der Waals surface area contributed by atoms with Gasteiger partial charge in [-0.3, -0.25) is 9.59 Å². The average Bonchev–Trinajstić information content (AvgIpc) is 3.13. The molecule has 0 saturated carbocycles. The van der Waals surface area contributed by atoms with Crippen LogP contribution in [0.5, 0.6) is 0 Å². The highest BCUT2D eigenvalue weighted by Gasteiger charge is 2.41. The number of hydrogen-bond acceptors (Lipinski definition) is 3. The van der Waals surface area contributed by atoms with Gasteiger partial charge in [0.1, 0.15) is 0 Å². The summed E-state index contributed by atoms with van der Waals surface area (Å²) in [6, 6.07) is 7.63. The van der Waals surface area contributed by atoms with Gasteiger partial charge in [0.2, 0.25) is 5.91 Å². The molecule has 2 aliphatic heterocycles. The van der Waals surface area contributed by atoms with Crippen molar-refractivity contribution in [2.75, 3.05) is 19.7 Å². The normalized spacial score (nSPS) is 25.2. The highest BCUT2D eigenvalue weighted by Crippen LogP contribution is 2.33. The van der Waals surface area contributed by atoms with Gasteiger partial charge in [0.25, 0.3) is 0 Å². The molecule has 2 saturated heterocycles. The zero-order chi connectivity index (χ0) is 18.7. The number of carboxylic acid groups (broad SMARTS) is 1. The average molecular weight is 380 g/mol. The Kier molecular flexibility index (Phi) is 6.20. The van der Waals surface area contributed by atoms with Gasteiger partial charge in [-0.2, -0.15) is 0 Å². The summed E-state index contributed by atoms with van der Waals surface area (Å²) in [5, 5.41) is 10.0. The Balaban J connectivity index is 1.53. The lowest BCUT2D eigenvalue weighted by Gasteiger charge is -2.36. The molecule has 1 aromatic rings. The van der Waals surface area contributed by atoms with Gasteiger partial charge in [0.15, 0.2) is 0 Å². The Morgan fingerprint density at radius 2 is 1.96 bits per heavy atom. The van der Waals surface area contributed by atoms with Crippen molar-refractivity contribution >= 4 is 23.5 Å². The number of benzene rings is 1. The molecular weight excluding hydrogens is 354 g/mol. The standard InChI is InChI=1S/C20H26ClNO4/c1-13(12-15-4-2-3-5-17(15)21)19(23)22-9-6-14(7-10-22)18-16(20(24)25)8-11-26-18/h2-5,13-14,16,18H,6-12H2,1H3,(H,24,25)/t13?,16?,18-/m0/s1. The van der Waals surface area contributed by atoms with Crippen LogP contribution in [0.1, 0.15) is 31.7 Å². The Labute approximate surface area is 159 Å². The molecule has 1 amide bonds. The van der Waals surface area contributed by atoms with Crippen LogP contribution in [0.3, 0.4) is 0 Å². The first-order valence-electron chi connectivity index (χ1n) is 9.34. The van der Waals surface area contributed by atoms with Crippen molar-refractivity contribution in [1.82, 2.24) is 4.90 Å². The molecule has 0 radical (unpaired) electrons. The minimum Gasteiger partial charge on any atom is -0.481 e. The molecule has 0 aromatic heterocycles. The summed E-state index contributed by atoms with van der Waals surface area (Å²) in [7, 11) is 0. The number of nitrogens with zero attached hydrogens (tertiary/aromatic N) is 1. The van der Waals surface area contributed by atoms with Crippen molar-refractivity contribution in [3.63, 3.8) is 0 Å². The number of rotatable bonds is 5. The Morgan fingerprint density at radius 1 is 1.27 bits per heavy atom. The fourth-order valence-corrected chi connectivity index (χ4v) is 4.39. The van der Waals surface area contributed by atoms with Crippen molar-refractivity contribution in [1.29, 1.82) is 0 Å². The number of carboxylic acids is 1. The monoisotopic (exact) mass is 379 g/mol. The summed E-state index contributed by atoms with van der Waals surface area (Å²) in [6.45, 7) is 3.80. The topological polar surface area (TPSA) is 66.8 Å². The van der Waals surface area contributed by atoms with E-state index in [0.29, 0.717) is 37.6 Å². The number of piperidine rings is 1. The van der Waals surface area contributed by atoms with Crippen LogP contribution in [0.2, 0.25) is 5.02 Å². The summed E-state index contributed by atoms with van der Waals surface area (Å²) in [5.74, 6) is -0.922. The van der Waals surface area contributed by atoms with Crippen LogP contribution in [0.4, 0.5) is 0 Å². The Hall–Kier alpha value is -1.59. The van der Waals surface area contributed by atoms with Crippen molar-refractivity contribution in [2.24, 2.45) is 17.8 Å². The fourth-order valence-electron chi connectivity index (χ4n) is 4.18. The maximum Gasteiger partial charge on any atom is 0.309 e. The summed E-state index contributed by atoms with van der Waals surface area (Å²) in [6.07, 6.45) is 2.63. The first kappa shape index (κ1) is 19.2. The minimum absolute atomic E-state index is 0.124. The molecule has 6 heteroatoms. The summed E-state index contributed by atoms with van der Waals surface area (Å²) < 4.78 is 5.70. The first-order chi connectivity index (χ1) is 12.5. The highest BCUT2D eigenvalue weighted by atomic mass is 35.5. The lowest BCUT2D eigenvalue weighted by molar-refractivity contribution is -0.146. The molecule has 2 unspecified atom stereocenters. The smallest absolute Gasteiger partial charge is 0.309 e. The zero-order valence-electron chi connectivity index (χ0n) is 15.1. The molecule has 142 valence electrons. The molecule has 3 rings (SSSR count). The van der Waals surface area contributed by atoms with E-state index in [4.69, 9.17) is 16.3 Å². The second-order valence-electron chi connectivity index (χ2n) is 7.43. The molecule has 1 aromatic carbocycles. The van der Waals surface area contributed by atoms with E-state index < -0.39 is 11.9 Å². The Morgan fingerprint density at radius 3 is 2.62 bits per heavy atom. The van der Waals surface area contributed by atoms with Gasteiger partial charge in [0.05, 0.1) is 12.0 Å². The zero-order valence-corrected chi connectivity index (χ0v) is 15.8. The van der Waals surface area contributed by atoms with E-state index in [0.717, 1.165) is 18.4 Å². The van der Waals surface area contributed by atoms with E-state index in [2.05, 4.69) is 0 Å². The number of carbonyl (C=O) groups is 2. The third-order valence-electron chi connectivity index (χ3n) is 5.67. The van der Waals surface area contributed by atoms with Gasteiger partial charge in [-0.15, -0.1) is 0 Å². The fraction of sp³-hybridized carbons (Fsp3) is 0.600. The van der Waals surface area contributed by atoms with Crippen LogP contribution >= 0.6 is 11.6 Å². The first-order valence-corrected chi connectivity index (χ1v) is 9.71. The second-order valence-corrected chi connectivity index (χ2v) is 7.84. The largest absolute Gasteiger partial charge is 0.481 e. The minimum atomic E-state index is -0.764. The maximum absolute atomic E-state index is 12.8. The van der Waals surface area contributed by atoms with E-state index in [1.807, 2.05) is 36.1 Å². The van der Waals surface area contributed by atoms with Gasteiger partial charge < -0.3 is 14.7 Å². The number of hydrogen-bond donors (Lipinski definition) is 1. The maximum atomic E-state index is 12.8. The third kappa shape index (κ3) is 4.21. The molecule has 1 N–H and O–H groups in total. The van der Waals surface area contributed by atoms with Crippen molar-refractivity contribution < 1.29 is 19.4 Å². The predicted molar refractivity (Wildman–Crippen MR) is 99.1 cm³/mol. The summed E-state index contributed by atoms with van der Waals surface area (Å²) in [5.41, 5.74) is 0.994. The SMILES string of the molecule is CC(Cc1ccccc1Cl)C(=O)N1CCC([C@@H]2OCCC2C(=O)O)CC1. The predicted octanol–water partition coefficient (Wildman–Crippen LogP) is 3.25. The second kappa shape index (κ2) is 8.40. The molecule has 3 atom stereocenters. The highest BCUT2D eigenvalue weighted by molar-refractivity contribution is 6.31. The van der Waals surface area contributed by atoms with Crippen LogP contribution in [0, 0.1) is 17.8 Å². The van der Waals surface area contributed by atoms with Crippen LogP contribution < -0.4 is 0 Å². The third-order valence-corrected chi connectivity index (χ3v) is 6.04. The Bertz CT molecular complexity index is 657. The van der Waals surface area contributed by atoms with E-state index in [-0.39, 0.29) is 23.8 Å². The molecule has 2 aliphatic rings. The van der Waals surface area contributed by atoms with Crippen LogP contribution in [-0.2, 0) is 20.7 Å². The molecule has 26 heavy (non-hydrogen) atoms. The number of amides is 1. The van der Waals surface area contributed by atoms with E-state index in [1.165, 1.54) is 0 Å². The summed E-state index contributed by atoms with van der Waals surface area (Å²) in [4.78, 5) is 26.0. The van der Waals surface area contributed by atoms with Crippen LogP contribution in [0.15, 0.2) is 24.3 Å². The van der Waals surface area contributed by atoms with E-state index in [9.17, 15) is 14.7 Å². The lowest BCUT2D eigenvalue weighted by atomic mass is 9.84. The van der Waals surface area contributed by atoms with Crippen molar-refractivity contribution in [2.45, 2.75) is 38.7 Å². The van der Waals surface area contributed by atoms with E-state index in [1.54, 1.807) is 0 Å². The quantitative estimate of drug-likeness (QED) is 0.852. The van der Waals surface area contributed by atoms with Crippen molar-refractivity contribution in [3.05, 3.63) is 34.9 Å².